The molecule has 0 saturated heterocycles. The minimum atomic E-state index is -0.692. The molecule has 0 saturated carbocycles. The van der Waals surface area contributed by atoms with Crippen LogP contribution in [-0.2, 0) is 30.8 Å². The number of aryl methyl sites for hydroxylation is 2. The van der Waals surface area contributed by atoms with E-state index in [2.05, 4.69) is 27.6 Å². The molecule has 0 aliphatic heterocycles. The molecule has 0 radical (unpaired) electrons. The average molecular weight is 459 g/mol. The first-order valence-corrected chi connectivity index (χ1v) is 11.6. The predicted octanol–water partition coefficient (Wildman–Crippen LogP) is 4.76. The van der Waals surface area contributed by atoms with E-state index in [9.17, 15) is 13.6 Å². The number of hydrogen-bond donors (Lipinski definition) is 1. The first kappa shape index (κ1) is 22.3. The third-order valence-electron chi connectivity index (χ3n) is 5.33. The zero-order chi connectivity index (χ0) is 22.5. The van der Waals surface area contributed by atoms with E-state index < -0.39 is 17.5 Å². The zero-order valence-corrected chi connectivity index (χ0v) is 18.6. The van der Waals surface area contributed by atoms with E-state index in [0.29, 0.717) is 17.5 Å². The number of rotatable bonds is 8. The Morgan fingerprint density at radius 3 is 2.75 bits per heavy atom. The van der Waals surface area contributed by atoms with Crippen molar-refractivity contribution in [1.82, 2.24) is 14.8 Å². The fraction of sp³-hybridized carbons (Fsp3) is 0.348. The summed E-state index contributed by atoms with van der Waals surface area (Å²) in [6.07, 6.45) is 4.66. The van der Waals surface area contributed by atoms with Crippen LogP contribution in [0.4, 0.5) is 14.5 Å². The Balaban J connectivity index is 1.35. The lowest BCUT2D eigenvalue weighted by Crippen LogP contribution is -2.16. The van der Waals surface area contributed by atoms with Gasteiger partial charge in [0.1, 0.15) is 24.0 Å². The van der Waals surface area contributed by atoms with Crippen molar-refractivity contribution < 1.29 is 18.3 Å². The highest BCUT2D eigenvalue weighted by Crippen LogP contribution is 2.26. The highest BCUT2D eigenvalue weighted by molar-refractivity contribution is 7.99. The molecule has 168 valence electrons. The topological polar surface area (TPSA) is 69.0 Å². The van der Waals surface area contributed by atoms with Gasteiger partial charge in [0.25, 0.3) is 0 Å². The van der Waals surface area contributed by atoms with Crippen molar-refractivity contribution in [3.8, 4) is 5.75 Å². The molecule has 0 atom stereocenters. The molecule has 0 fully saturated rings. The molecule has 1 aliphatic carbocycles. The van der Waals surface area contributed by atoms with Crippen molar-refractivity contribution in [3.63, 3.8) is 0 Å². The van der Waals surface area contributed by atoms with Gasteiger partial charge >= 0.3 is 0 Å². The quantitative estimate of drug-likeness (QED) is 0.493. The van der Waals surface area contributed by atoms with E-state index in [1.807, 2.05) is 17.6 Å². The van der Waals surface area contributed by atoms with Gasteiger partial charge in [-0.1, -0.05) is 17.8 Å². The number of thioether (sulfide) groups is 1. The molecule has 1 heterocycles. The third-order valence-corrected chi connectivity index (χ3v) is 6.30. The molecule has 0 spiro atoms. The Hall–Kier alpha value is -2.94. The number of amides is 1. The number of halogens is 2. The summed E-state index contributed by atoms with van der Waals surface area (Å²) in [7, 11) is 0. The van der Waals surface area contributed by atoms with Gasteiger partial charge in [-0.05, 0) is 68.0 Å². The van der Waals surface area contributed by atoms with Gasteiger partial charge < -0.3 is 14.6 Å². The summed E-state index contributed by atoms with van der Waals surface area (Å²) < 4.78 is 34.8. The van der Waals surface area contributed by atoms with Gasteiger partial charge in [0.15, 0.2) is 11.0 Å². The maximum absolute atomic E-state index is 13.7. The zero-order valence-electron chi connectivity index (χ0n) is 17.7. The second-order valence-electron chi connectivity index (χ2n) is 7.53. The maximum Gasteiger partial charge on any atom is 0.234 e. The summed E-state index contributed by atoms with van der Waals surface area (Å²) in [5.41, 5.74) is 2.56. The van der Waals surface area contributed by atoms with E-state index in [1.165, 1.54) is 35.7 Å². The number of benzene rings is 2. The average Bonchev–Trinajstić information content (AvgIpc) is 3.20. The Morgan fingerprint density at radius 1 is 1.12 bits per heavy atom. The molecule has 1 amide bonds. The Kier molecular flexibility index (Phi) is 7.04. The number of ether oxygens (including phenoxy) is 1. The number of hydrogen-bond acceptors (Lipinski definition) is 5. The minimum Gasteiger partial charge on any atom is -0.486 e. The van der Waals surface area contributed by atoms with Crippen LogP contribution < -0.4 is 10.1 Å². The monoisotopic (exact) mass is 458 g/mol. The van der Waals surface area contributed by atoms with Crippen LogP contribution in [0.5, 0.6) is 5.75 Å². The van der Waals surface area contributed by atoms with Gasteiger partial charge in [-0.2, -0.15) is 0 Å². The van der Waals surface area contributed by atoms with Crippen molar-refractivity contribution >= 4 is 23.4 Å². The summed E-state index contributed by atoms with van der Waals surface area (Å²) in [4.78, 5) is 12.2. The molecule has 1 aliphatic rings. The molecule has 0 unspecified atom stereocenters. The lowest BCUT2D eigenvalue weighted by molar-refractivity contribution is -0.113. The molecular weight excluding hydrogens is 434 g/mol. The van der Waals surface area contributed by atoms with E-state index in [-0.39, 0.29) is 18.0 Å². The van der Waals surface area contributed by atoms with Crippen LogP contribution in [0, 0.1) is 11.6 Å². The fourth-order valence-electron chi connectivity index (χ4n) is 3.71. The Morgan fingerprint density at radius 2 is 1.94 bits per heavy atom. The van der Waals surface area contributed by atoms with Crippen LogP contribution in [0.15, 0.2) is 41.6 Å². The maximum atomic E-state index is 13.7. The number of carbonyl (C=O) groups excluding carboxylic acids is 1. The van der Waals surface area contributed by atoms with Crippen molar-refractivity contribution in [2.24, 2.45) is 0 Å². The predicted molar refractivity (Wildman–Crippen MR) is 119 cm³/mol. The van der Waals surface area contributed by atoms with Gasteiger partial charge in [-0.3, -0.25) is 4.79 Å². The van der Waals surface area contributed by atoms with E-state index >= 15 is 0 Å². The lowest BCUT2D eigenvalue weighted by atomic mass is 9.92. The molecule has 9 heteroatoms. The number of anilines is 1. The van der Waals surface area contributed by atoms with Gasteiger partial charge in [0.2, 0.25) is 5.91 Å². The molecule has 0 bridgehead atoms. The smallest absolute Gasteiger partial charge is 0.234 e. The number of carbonyl (C=O) groups is 1. The summed E-state index contributed by atoms with van der Waals surface area (Å²) in [6.45, 7) is 2.83. The second kappa shape index (κ2) is 10.1. The fourth-order valence-corrected chi connectivity index (χ4v) is 4.53. The molecular formula is C23H24F2N4O2S. The van der Waals surface area contributed by atoms with Crippen molar-refractivity contribution in [1.29, 1.82) is 0 Å². The standard InChI is InChI=1S/C23H24F2N4O2S/c1-2-29-21(13-31-18-9-7-15-5-3-4-6-16(15)11-18)27-28-23(29)32-14-22(30)26-20-12-17(24)8-10-19(20)25/h7-12H,2-6,13-14H2,1H3,(H,26,30). The third kappa shape index (κ3) is 5.27. The largest absolute Gasteiger partial charge is 0.486 e. The van der Waals surface area contributed by atoms with Crippen molar-refractivity contribution in [2.45, 2.75) is 50.9 Å². The van der Waals surface area contributed by atoms with Crippen LogP contribution in [0.2, 0.25) is 0 Å². The molecule has 1 N–H and O–H groups in total. The van der Waals surface area contributed by atoms with E-state index in [4.69, 9.17) is 4.74 Å². The SMILES string of the molecule is CCn1c(COc2ccc3c(c2)CCCC3)nnc1SCC(=O)Nc1cc(F)ccc1F. The lowest BCUT2D eigenvalue weighted by Gasteiger charge is -2.16. The summed E-state index contributed by atoms with van der Waals surface area (Å²) in [5.74, 6) is -0.324. The summed E-state index contributed by atoms with van der Waals surface area (Å²) in [5, 5.41) is 11.3. The minimum absolute atomic E-state index is 0.0141. The van der Waals surface area contributed by atoms with Crippen molar-refractivity contribution in [2.75, 3.05) is 11.1 Å². The number of aromatic nitrogens is 3. The van der Waals surface area contributed by atoms with E-state index in [0.717, 1.165) is 36.8 Å². The number of nitrogens with zero attached hydrogens (tertiary/aromatic N) is 3. The van der Waals surface area contributed by atoms with Gasteiger partial charge in [-0.15, -0.1) is 10.2 Å². The van der Waals surface area contributed by atoms with Crippen LogP contribution >= 0.6 is 11.8 Å². The Bertz CT molecular complexity index is 1120. The number of fused-ring (bicyclic) bond motifs is 1. The van der Waals surface area contributed by atoms with Crippen molar-refractivity contribution in [3.05, 3.63) is 65.0 Å². The summed E-state index contributed by atoms with van der Waals surface area (Å²) in [6, 6.07) is 9.14. The van der Waals surface area contributed by atoms with Crippen LogP contribution in [-0.4, -0.2) is 26.4 Å². The van der Waals surface area contributed by atoms with Crippen LogP contribution in [0.25, 0.3) is 0 Å². The molecule has 3 aromatic rings. The van der Waals surface area contributed by atoms with Gasteiger partial charge in [0, 0.05) is 12.6 Å². The molecule has 4 rings (SSSR count). The highest BCUT2D eigenvalue weighted by atomic mass is 32.2. The normalized spacial score (nSPS) is 13.0. The van der Waals surface area contributed by atoms with Gasteiger partial charge in [0.05, 0.1) is 11.4 Å². The van der Waals surface area contributed by atoms with Crippen LogP contribution in [0.3, 0.4) is 0 Å². The summed E-state index contributed by atoms with van der Waals surface area (Å²) >= 11 is 1.18. The molecule has 2 aromatic carbocycles. The second-order valence-corrected chi connectivity index (χ2v) is 8.47. The molecule has 1 aromatic heterocycles. The molecule has 32 heavy (non-hydrogen) atoms. The first-order chi connectivity index (χ1) is 15.5. The van der Waals surface area contributed by atoms with Crippen LogP contribution in [0.1, 0.15) is 36.7 Å². The number of nitrogens with one attached hydrogen (secondary N) is 1. The van der Waals surface area contributed by atoms with E-state index in [1.54, 1.807) is 0 Å². The van der Waals surface area contributed by atoms with Gasteiger partial charge in [-0.25, -0.2) is 8.78 Å². The highest BCUT2D eigenvalue weighted by Gasteiger charge is 2.16. The molecule has 6 nitrogen and oxygen atoms in total. The first-order valence-electron chi connectivity index (χ1n) is 10.6. The Labute approximate surface area is 189 Å².